The van der Waals surface area contributed by atoms with E-state index in [2.05, 4.69) is 9.82 Å². The second kappa shape index (κ2) is 10.4. The van der Waals surface area contributed by atoms with E-state index in [1.54, 1.807) is 59.2 Å². The number of carbonyl (C=O) groups excluding carboxylic acids is 1. The monoisotopic (exact) mass is 490 g/mol. The summed E-state index contributed by atoms with van der Waals surface area (Å²) in [7, 11) is -2.05. The van der Waals surface area contributed by atoms with Crippen molar-refractivity contribution in [3.8, 4) is 11.4 Å². The summed E-state index contributed by atoms with van der Waals surface area (Å²) in [6.45, 7) is 2.75. The molecule has 0 saturated heterocycles. The van der Waals surface area contributed by atoms with E-state index in [0.29, 0.717) is 30.2 Å². The first-order valence-corrected chi connectivity index (χ1v) is 12.5. The number of aromatic nitrogens is 2. The number of benzene rings is 3. The number of sulfonamides is 1. The first-order valence-electron chi connectivity index (χ1n) is 11.1. The quantitative estimate of drug-likeness (QED) is 0.377. The van der Waals surface area contributed by atoms with Crippen LogP contribution in [-0.4, -0.2) is 42.7 Å². The fourth-order valence-corrected chi connectivity index (χ4v) is 4.56. The zero-order valence-electron chi connectivity index (χ0n) is 19.5. The van der Waals surface area contributed by atoms with Crippen molar-refractivity contribution in [1.82, 2.24) is 14.7 Å². The largest absolute Gasteiger partial charge is 0.494 e. The molecule has 1 heterocycles. The van der Waals surface area contributed by atoms with Crippen molar-refractivity contribution in [3.63, 3.8) is 0 Å². The summed E-state index contributed by atoms with van der Waals surface area (Å²) in [5.41, 5.74) is 2.65. The molecule has 0 atom stereocenters. The molecular weight excluding hydrogens is 464 g/mol. The number of anilines is 1. The highest BCUT2D eigenvalue weighted by atomic mass is 32.2. The summed E-state index contributed by atoms with van der Waals surface area (Å²) in [6, 6.07) is 22.3. The first kappa shape index (κ1) is 24.0. The number of rotatable bonds is 9. The first-order chi connectivity index (χ1) is 16.9. The highest BCUT2D eigenvalue weighted by Crippen LogP contribution is 2.20. The zero-order valence-corrected chi connectivity index (χ0v) is 20.3. The molecule has 35 heavy (non-hydrogen) atoms. The second-order valence-corrected chi connectivity index (χ2v) is 9.56. The predicted molar refractivity (Wildman–Crippen MR) is 134 cm³/mol. The van der Waals surface area contributed by atoms with Crippen LogP contribution in [0.1, 0.15) is 22.8 Å². The molecule has 0 fully saturated rings. The molecule has 1 aromatic heterocycles. The van der Waals surface area contributed by atoms with Crippen LogP contribution in [0.3, 0.4) is 0 Å². The Morgan fingerprint density at radius 2 is 1.69 bits per heavy atom. The van der Waals surface area contributed by atoms with Gasteiger partial charge in [-0.25, -0.2) is 13.1 Å². The molecular formula is C26H26N4O4S. The molecule has 0 spiro atoms. The van der Waals surface area contributed by atoms with E-state index in [1.807, 2.05) is 43.5 Å². The van der Waals surface area contributed by atoms with Gasteiger partial charge >= 0.3 is 0 Å². The molecule has 0 unspecified atom stereocenters. The van der Waals surface area contributed by atoms with Crippen LogP contribution in [-0.2, 0) is 16.6 Å². The number of carbonyl (C=O) groups is 1. The number of para-hydroxylation sites is 1. The Balaban J connectivity index is 1.39. The van der Waals surface area contributed by atoms with Crippen molar-refractivity contribution in [1.29, 1.82) is 0 Å². The molecule has 1 N–H and O–H groups in total. The van der Waals surface area contributed by atoms with Crippen molar-refractivity contribution in [2.45, 2.75) is 18.4 Å². The summed E-state index contributed by atoms with van der Waals surface area (Å²) >= 11 is 0. The van der Waals surface area contributed by atoms with Crippen LogP contribution < -0.4 is 9.46 Å². The van der Waals surface area contributed by atoms with Crippen LogP contribution >= 0.6 is 0 Å². The fourth-order valence-electron chi connectivity index (χ4n) is 3.51. The minimum Gasteiger partial charge on any atom is -0.494 e. The Bertz CT molecular complexity index is 1380. The summed E-state index contributed by atoms with van der Waals surface area (Å²) in [4.78, 5) is 14.6. The molecule has 9 heteroatoms. The summed E-state index contributed by atoms with van der Waals surface area (Å²) < 4.78 is 35.0. The van der Waals surface area contributed by atoms with Crippen molar-refractivity contribution in [2.75, 3.05) is 18.4 Å². The van der Waals surface area contributed by atoms with E-state index >= 15 is 0 Å². The lowest BCUT2D eigenvalue weighted by Crippen LogP contribution is -2.26. The minimum atomic E-state index is -3.77. The highest BCUT2D eigenvalue weighted by molar-refractivity contribution is 7.92. The number of nitrogens with one attached hydrogen (secondary N) is 1. The lowest BCUT2D eigenvalue weighted by Gasteiger charge is -2.16. The molecule has 0 radical (unpaired) electrons. The van der Waals surface area contributed by atoms with E-state index in [9.17, 15) is 13.2 Å². The van der Waals surface area contributed by atoms with E-state index < -0.39 is 10.0 Å². The van der Waals surface area contributed by atoms with Crippen molar-refractivity contribution < 1.29 is 17.9 Å². The van der Waals surface area contributed by atoms with Gasteiger partial charge in [-0.1, -0.05) is 18.2 Å². The maximum Gasteiger partial charge on any atom is 0.261 e. The fraction of sp³-hybridized carbons (Fsp3) is 0.154. The van der Waals surface area contributed by atoms with Crippen molar-refractivity contribution in [2.24, 2.45) is 0 Å². The standard InChI is InChI=1S/C26H26N4O4S/c1-3-34-24-13-15-25(16-14-24)35(32,33)28-22-11-9-21(10-12-22)26(31)29(2)18-20-17-27-30(19-20)23-7-5-4-6-8-23/h4-17,19,28H,3,18H2,1-2H3. The van der Waals surface area contributed by atoms with Crippen LogP contribution in [0.4, 0.5) is 5.69 Å². The van der Waals surface area contributed by atoms with E-state index in [1.165, 1.54) is 12.1 Å². The molecule has 180 valence electrons. The third kappa shape index (κ3) is 5.88. The van der Waals surface area contributed by atoms with Crippen molar-refractivity contribution in [3.05, 3.63) is 102 Å². The summed E-state index contributed by atoms with van der Waals surface area (Å²) in [5, 5.41) is 4.36. The molecule has 0 aliphatic heterocycles. The number of ether oxygens (including phenoxy) is 1. The van der Waals surface area contributed by atoms with Crippen molar-refractivity contribution >= 4 is 21.6 Å². The maximum absolute atomic E-state index is 12.9. The maximum atomic E-state index is 12.9. The molecule has 0 bridgehead atoms. The Hall–Kier alpha value is -4.11. The van der Waals surface area contributed by atoms with Gasteiger partial charge in [-0.3, -0.25) is 9.52 Å². The second-order valence-electron chi connectivity index (χ2n) is 7.88. The lowest BCUT2D eigenvalue weighted by molar-refractivity contribution is 0.0785. The van der Waals surface area contributed by atoms with Gasteiger partial charge in [0.15, 0.2) is 0 Å². The van der Waals surface area contributed by atoms with Gasteiger partial charge in [0.1, 0.15) is 5.75 Å². The molecule has 4 rings (SSSR count). The molecule has 0 aliphatic carbocycles. The Morgan fingerprint density at radius 1 is 1.00 bits per heavy atom. The van der Waals surface area contributed by atoms with Crippen LogP contribution in [0.5, 0.6) is 5.75 Å². The molecule has 0 saturated carbocycles. The average molecular weight is 491 g/mol. The molecule has 4 aromatic rings. The molecule has 3 aromatic carbocycles. The van der Waals surface area contributed by atoms with Gasteiger partial charge in [0, 0.05) is 36.6 Å². The van der Waals surface area contributed by atoms with Gasteiger partial charge in [0.25, 0.3) is 15.9 Å². The summed E-state index contributed by atoms with van der Waals surface area (Å²) in [6.07, 6.45) is 3.62. The van der Waals surface area contributed by atoms with Gasteiger partial charge < -0.3 is 9.64 Å². The molecule has 1 amide bonds. The van der Waals surface area contributed by atoms with E-state index in [-0.39, 0.29) is 10.8 Å². The zero-order chi connectivity index (χ0) is 24.8. The third-order valence-electron chi connectivity index (χ3n) is 5.25. The predicted octanol–water partition coefficient (Wildman–Crippen LogP) is 4.34. The van der Waals surface area contributed by atoms with Gasteiger partial charge in [-0.05, 0) is 67.6 Å². The highest BCUT2D eigenvalue weighted by Gasteiger charge is 2.16. The molecule has 8 nitrogen and oxygen atoms in total. The Kier molecular flexibility index (Phi) is 7.17. The number of amides is 1. The average Bonchev–Trinajstić information content (AvgIpc) is 3.33. The number of hydrogen-bond donors (Lipinski definition) is 1. The van der Waals surface area contributed by atoms with Crippen LogP contribution in [0, 0.1) is 0 Å². The van der Waals surface area contributed by atoms with E-state index in [0.717, 1.165) is 11.3 Å². The van der Waals surface area contributed by atoms with Crippen LogP contribution in [0.2, 0.25) is 0 Å². The number of nitrogens with zero attached hydrogens (tertiary/aromatic N) is 3. The third-order valence-corrected chi connectivity index (χ3v) is 6.65. The van der Waals surface area contributed by atoms with Gasteiger partial charge in [-0.15, -0.1) is 0 Å². The normalized spacial score (nSPS) is 11.1. The van der Waals surface area contributed by atoms with Crippen LogP contribution in [0.15, 0.2) is 96.2 Å². The Morgan fingerprint density at radius 3 is 2.34 bits per heavy atom. The summed E-state index contributed by atoms with van der Waals surface area (Å²) in [5.74, 6) is 0.421. The van der Waals surface area contributed by atoms with Crippen LogP contribution in [0.25, 0.3) is 5.69 Å². The molecule has 0 aliphatic rings. The smallest absolute Gasteiger partial charge is 0.261 e. The Labute approximate surface area is 204 Å². The number of hydrogen-bond acceptors (Lipinski definition) is 5. The van der Waals surface area contributed by atoms with Gasteiger partial charge in [-0.2, -0.15) is 5.10 Å². The SMILES string of the molecule is CCOc1ccc(S(=O)(=O)Nc2ccc(C(=O)N(C)Cc3cnn(-c4ccccc4)c3)cc2)cc1. The van der Waals surface area contributed by atoms with Gasteiger partial charge in [0.2, 0.25) is 0 Å². The van der Waals surface area contributed by atoms with E-state index in [4.69, 9.17) is 4.74 Å². The minimum absolute atomic E-state index is 0.122. The lowest BCUT2D eigenvalue weighted by atomic mass is 10.2. The topological polar surface area (TPSA) is 93.5 Å². The van der Waals surface area contributed by atoms with Gasteiger partial charge in [0.05, 0.1) is 23.4 Å².